The van der Waals surface area contributed by atoms with Crippen LogP contribution in [0.25, 0.3) is 0 Å². The molecule has 140 valence electrons. The topological polar surface area (TPSA) is 59.4 Å². The van der Waals surface area contributed by atoms with Crippen molar-refractivity contribution in [3.8, 4) is 0 Å². The van der Waals surface area contributed by atoms with Gasteiger partial charge in [-0.1, -0.05) is 0 Å². The molecule has 4 rings (SSSR count). The van der Waals surface area contributed by atoms with Crippen molar-refractivity contribution in [3.63, 3.8) is 0 Å². The predicted octanol–water partition coefficient (Wildman–Crippen LogP) is 2.21. The van der Waals surface area contributed by atoms with Crippen LogP contribution in [-0.2, 0) is 30.4 Å². The molecule has 6 nitrogen and oxygen atoms in total. The van der Waals surface area contributed by atoms with Gasteiger partial charge >= 0.3 is 0 Å². The highest BCUT2D eigenvalue weighted by atomic mass is 32.1. The van der Waals surface area contributed by atoms with Crippen molar-refractivity contribution in [2.24, 2.45) is 7.05 Å². The summed E-state index contributed by atoms with van der Waals surface area (Å²) in [5.41, 5.74) is 3.20. The fraction of sp³-hybridized carbons (Fsp3) is 0.579. The molecular weight excluding hydrogens is 348 g/mol. The van der Waals surface area contributed by atoms with Gasteiger partial charge in [-0.15, -0.1) is 11.3 Å². The fourth-order valence-corrected chi connectivity index (χ4v) is 5.05. The molecule has 7 heteroatoms. The van der Waals surface area contributed by atoms with E-state index >= 15 is 0 Å². The van der Waals surface area contributed by atoms with E-state index in [0.717, 1.165) is 55.1 Å². The predicted molar refractivity (Wildman–Crippen MR) is 101 cm³/mol. The number of hydrogen-bond donors (Lipinski definition) is 1. The number of aryl methyl sites for hydroxylation is 1. The van der Waals surface area contributed by atoms with Crippen LogP contribution in [0.4, 0.5) is 0 Å². The van der Waals surface area contributed by atoms with E-state index in [1.165, 1.54) is 10.4 Å². The van der Waals surface area contributed by atoms with Gasteiger partial charge < -0.3 is 15.0 Å². The van der Waals surface area contributed by atoms with E-state index in [2.05, 4.69) is 28.4 Å². The smallest absolute Gasteiger partial charge is 0.261 e. The Morgan fingerprint density at radius 3 is 2.85 bits per heavy atom. The molecule has 0 aliphatic carbocycles. The summed E-state index contributed by atoms with van der Waals surface area (Å²) in [4.78, 5) is 17.2. The monoisotopic (exact) mass is 374 g/mol. The minimum atomic E-state index is -0.185. The van der Waals surface area contributed by atoms with E-state index in [-0.39, 0.29) is 11.5 Å². The van der Waals surface area contributed by atoms with Gasteiger partial charge in [-0.2, -0.15) is 5.10 Å². The van der Waals surface area contributed by atoms with Gasteiger partial charge in [0.05, 0.1) is 23.3 Å². The van der Waals surface area contributed by atoms with Crippen molar-refractivity contribution in [1.82, 2.24) is 20.0 Å². The number of ether oxygens (including phenoxy) is 1. The standard InChI is InChI=1S/C19H26N4O2S/c1-13-14(12-21-23(13)3)11-20-18(24)17-10-15-16(26-17)4-9-25-19(15)5-7-22(2)8-6-19/h10,12H,4-9,11H2,1-3H3,(H,20,24). The molecule has 1 saturated heterocycles. The molecule has 1 amide bonds. The summed E-state index contributed by atoms with van der Waals surface area (Å²) >= 11 is 1.63. The highest BCUT2D eigenvalue weighted by molar-refractivity contribution is 7.14. The fourth-order valence-electron chi connectivity index (χ4n) is 3.90. The molecule has 0 aromatic carbocycles. The Labute approximate surface area is 158 Å². The first-order valence-electron chi connectivity index (χ1n) is 9.20. The number of nitrogens with zero attached hydrogens (tertiary/aromatic N) is 3. The van der Waals surface area contributed by atoms with Gasteiger partial charge in [0.15, 0.2) is 0 Å². The van der Waals surface area contributed by atoms with E-state index in [9.17, 15) is 4.79 Å². The summed E-state index contributed by atoms with van der Waals surface area (Å²) in [5, 5.41) is 7.28. The highest BCUT2D eigenvalue weighted by Crippen LogP contribution is 2.44. The maximum Gasteiger partial charge on any atom is 0.261 e. The van der Waals surface area contributed by atoms with Gasteiger partial charge in [0.1, 0.15) is 0 Å². The number of carbonyl (C=O) groups excluding carboxylic acids is 1. The van der Waals surface area contributed by atoms with Gasteiger partial charge in [-0.05, 0) is 38.4 Å². The number of hydrogen-bond acceptors (Lipinski definition) is 5. The zero-order chi connectivity index (χ0) is 18.3. The lowest BCUT2D eigenvalue weighted by Crippen LogP contribution is -2.44. The quantitative estimate of drug-likeness (QED) is 0.895. The third-order valence-corrected chi connectivity index (χ3v) is 7.00. The van der Waals surface area contributed by atoms with Crippen LogP contribution in [0.5, 0.6) is 0 Å². The Hall–Kier alpha value is -1.70. The van der Waals surface area contributed by atoms with Gasteiger partial charge in [-0.3, -0.25) is 9.48 Å². The molecule has 26 heavy (non-hydrogen) atoms. The molecule has 0 atom stereocenters. The van der Waals surface area contributed by atoms with E-state index < -0.39 is 0 Å². The Morgan fingerprint density at radius 1 is 1.38 bits per heavy atom. The Kier molecular flexibility index (Phi) is 4.62. The molecule has 1 fully saturated rings. The van der Waals surface area contributed by atoms with Crippen LogP contribution in [-0.4, -0.2) is 47.3 Å². The third-order valence-electron chi connectivity index (χ3n) is 5.80. The summed E-state index contributed by atoms with van der Waals surface area (Å²) in [5.74, 6) is -0.00395. The molecule has 0 radical (unpaired) electrons. The summed E-state index contributed by atoms with van der Waals surface area (Å²) < 4.78 is 8.09. The number of piperidine rings is 1. The van der Waals surface area contributed by atoms with Crippen LogP contribution in [0, 0.1) is 6.92 Å². The molecule has 2 aromatic rings. The van der Waals surface area contributed by atoms with Gasteiger partial charge in [0, 0.05) is 49.2 Å². The number of nitrogens with one attached hydrogen (secondary N) is 1. The SMILES string of the molecule is Cc1c(CNC(=O)c2cc3c(s2)CCOC32CCN(C)CC2)cnn1C. The number of rotatable bonds is 3. The Morgan fingerprint density at radius 2 is 2.15 bits per heavy atom. The lowest BCUT2D eigenvalue weighted by atomic mass is 9.82. The number of fused-ring (bicyclic) bond motifs is 2. The highest BCUT2D eigenvalue weighted by Gasteiger charge is 2.41. The summed E-state index contributed by atoms with van der Waals surface area (Å²) in [6, 6.07) is 2.08. The van der Waals surface area contributed by atoms with Gasteiger partial charge in [-0.25, -0.2) is 0 Å². The molecular formula is C19H26N4O2S. The van der Waals surface area contributed by atoms with Gasteiger partial charge in [0.2, 0.25) is 0 Å². The van der Waals surface area contributed by atoms with E-state index in [1.807, 2.05) is 24.9 Å². The summed E-state index contributed by atoms with van der Waals surface area (Å²) in [6.45, 7) is 5.36. The number of carbonyl (C=O) groups is 1. The lowest BCUT2D eigenvalue weighted by Gasteiger charge is -2.43. The maximum atomic E-state index is 12.7. The minimum Gasteiger partial charge on any atom is -0.370 e. The molecule has 2 aromatic heterocycles. The molecule has 1 N–H and O–H groups in total. The molecule has 0 bridgehead atoms. The molecule has 0 unspecified atom stereocenters. The molecule has 2 aliphatic rings. The second-order valence-corrected chi connectivity index (χ2v) is 8.54. The Bertz CT molecular complexity index is 818. The first kappa shape index (κ1) is 17.7. The van der Waals surface area contributed by atoms with Crippen LogP contribution >= 0.6 is 11.3 Å². The first-order valence-corrected chi connectivity index (χ1v) is 10.0. The number of amides is 1. The molecule has 1 spiro atoms. The average molecular weight is 375 g/mol. The Balaban J connectivity index is 1.51. The van der Waals surface area contributed by atoms with Crippen molar-refractivity contribution in [3.05, 3.63) is 38.8 Å². The maximum absolute atomic E-state index is 12.7. The minimum absolute atomic E-state index is 0.00395. The third kappa shape index (κ3) is 3.08. The summed E-state index contributed by atoms with van der Waals surface area (Å²) in [7, 11) is 4.07. The van der Waals surface area contributed by atoms with Crippen LogP contribution in [0.2, 0.25) is 0 Å². The average Bonchev–Trinajstić information content (AvgIpc) is 3.21. The van der Waals surface area contributed by atoms with Crippen molar-refractivity contribution < 1.29 is 9.53 Å². The van der Waals surface area contributed by atoms with Crippen molar-refractivity contribution in [1.29, 1.82) is 0 Å². The van der Waals surface area contributed by atoms with Crippen molar-refractivity contribution in [2.45, 2.75) is 38.3 Å². The van der Waals surface area contributed by atoms with Crippen molar-refractivity contribution >= 4 is 17.2 Å². The zero-order valence-electron chi connectivity index (χ0n) is 15.7. The summed E-state index contributed by atoms with van der Waals surface area (Å²) in [6.07, 6.45) is 4.73. The van der Waals surface area contributed by atoms with E-state index in [1.54, 1.807) is 11.3 Å². The number of likely N-dealkylation sites (tertiary alicyclic amines) is 1. The molecule has 4 heterocycles. The van der Waals surface area contributed by atoms with Crippen LogP contribution in [0.3, 0.4) is 0 Å². The largest absolute Gasteiger partial charge is 0.370 e. The normalized spacial score (nSPS) is 19.5. The first-order chi connectivity index (χ1) is 12.5. The van der Waals surface area contributed by atoms with Crippen molar-refractivity contribution in [2.75, 3.05) is 26.7 Å². The lowest BCUT2D eigenvalue weighted by molar-refractivity contribution is -0.0942. The second-order valence-electron chi connectivity index (χ2n) is 7.41. The number of aromatic nitrogens is 2. The van der Waals surface area contributed by atoms with E-state index in [0.29, 0.717) is 6.54 Å². The molecule has 0 saturated carbocycles. The van der Waals surface area contributed by atoms with Gasteiger partial charge in [0.25, 0.3) is 5.91 Å². The van der Waals surface area contributed by atoms with Crippen LogP contribution < -0.4 is 5.32 Å². The zero-order valence-corrected chi connectivity index (χ0v) is 16.5. The van der Waals surface area contributed by atoms with Crippen LogP contribution in [0.15, 0.2) is 12.3 Å². The van der Waals surface area contributed by atoms with E-state index in [4.69, 9.17) is 4.74 Å². The molecule has 2 aliphatic heterocycles. The second kappa shape index (κ2) is 6.79. The number of thiophene rings is 1. The van der Waals surface area contributed by atoms with Crippen LogP contribution in [0.1, 0.15) is 44.2 Å².